The predicted molar refractivity (Wildman–Crippen MR) is 118 cm³/mol. The third kappa shape index (κ3) is 4.12. The molecule has 0 amide bonds. The average Bonchev–Trinajstić information content (AvgIpc) is 3.16. The average molecular weight is 446 g/mol. The largest absolute Gasteiger partial charge is 0.495 e. The zero-order valence-electron chi connectivity index (χ0n) is 15.0. The molecule has 0 aliphatic heterocycles. The number of para-hydroxylation sites is 1. The molecule has 146 valence electrons. The fraction of sp³-hybridized carbons (Fsp3) is 0.0500. The number of hydrazone groups is 1. The van der Waals surface area contributed by atoms with Crippen molar-refractivity contribution < 1.29 is 9.15 Å². The summed E-state index contributed by atoms with van der Waals surface area (Å²) in [5.41, 5.74) is 4.44. The number of halogens is 2. The molecule has 2 aromatic heterocycles. The first kappa shape index (κ1) is 19.4. The number of nitrogens with one attached hydrogen (secondary N) is 1. The molecule has 0 aliphatic rings. The molecule has 0 spiro atoms. The van der Waals surface area contributed by atoms with Crippen molar-refractivity contribution in [1.82, 2.24) is 4.98 Å². The smallest absolute Gasteiger partial charge is 0.345 e. The Morgan fingerprint density at radius 2 is 2.07 bits per heavy atom. The van der Waals surface area contributed by atoms with Gasteiger partial charge in [-0.2, -0.15) is 5.10 Å². The second kappa shape index (κ2) is 8.24. The first-order valence-electron chi connectivity index (χ1n) is 8.36. The fourth-order valence-corrected chi connectivity index (χ4v) is 3.98. The Morgan fingerprint density at radius 1 is 1.24 bits per heavy atom. The van der Waals surface area contributed by atoms with Crippen LogP contribution in [0.2, 0.25) is 10.0 Å². The molecule has 0 fully saturated rings. The van der Waals surface area contributed by atoms with Crippen LogP contribution < -0.4 is 15.8 Å². The van der Waals surface area contributed by atoms with Crippen LogP contribution in [-0.2, 0) is 0 Å². The molecule has 0 aliphatic carbocycles. The van der Waals surface area contributed by atoms with Gasteiger partial charge in [-0.25, -0.2) is 9.78 Å². The number of anilines is 1. The molecular weight excluding hydrogens is 433 g/mol. The van der Waals surface area contributed by atoms with E-state index in [-0.39, 0.29) is 0 Å². The number of hydrogen-bond acceptors (Lipinski definition) is 7. The van der Waals surface area contributed by atoms with E-state index in [2.05, 4.69) is 15.5 Å². The van der Waals surface area contributed by atoms with Gasteiger partial charge in [0, 0.05) is 21.4 Å². The van der Waals surface area contributed by atoms with Crippen LogP contribution in [-0.4, -0.2) is 18.3 Å². The van der Waals surface area contributed by atoms with Crippen LogP contribution >= 0.6 is 34.5 Å². The minimum absolute atomic E-state index is 0.389. The monoisotopic (exact) mass is 445 g/mol. The third-order valence-electron chi connectivity index (χ3n) is 4.03. The topological polar surface area (TPSA) is 76.7 Å². The Bertz CT molecular complexity index is 1280. The lowest BCUT2D eigenvalue weighted by atomic mass is 10.1. The van der Waals surface area contributed by atoms with Crippen molar-refractivity contribution >= 4 is 56.9 Å². The number of hydrogen-bond donors (Lipinski definition) is 1. The number of benzene rings is 2. The number of rotatable bonds is 5. The molecule has 0 bridgehead atoms. The van der Waals surface area contributed by atoms with Crippen LogP contribution in [0.15, 0.2) is 62.2 Å². The highest BCUT2D eigenvalue weighted by atomic mass is 35.5. The van der Waals surface area contributed by atoms with Crippen molar-refractivity contribution in [2.45, 2.75) is 0 Å². The van der Waals surface area contributed by atoms with Gasteiger partial charge < -0.3 is 9.15 Å². The van der Waals surface area contributed by atoms with E-state index in [0.717, 1.165) is 5.39 Å². The minimum atomic E-state index is -0.442. The van der Waals surface area contributed by atoms with Gasteiger partial charge in [0.1, 0.15) is 11.3 Å². The number of fused-ring (bicyclic) bond motifs is 1. The molecule has 1 N–H and O–H groups in total. The molecular formula is C20H13Cl2N3O3S. The van der Waals surface area contributed by atoms with Gasteiger partial charge in [-0.15, -0.1) is 11.3 Å². The number of methoxy groups -OCH3 is 1. The number of ether oxygens (including phenoxy) is 1. The van der Waals surface area contributed by atoms with Gasteiger partial charge in [-0.05, 0) is 24.3 Å². The minimum Gasteiger partial charge on any atom is -0.495 e. The maximum atomic E-state index is 12.3. The van der Waals surface area contributed by atoms with Crippen molar-refractivity contribution in [2.24, 2.45) is 5.10 Å². The van der Waals surface area contributed by atoms with E-state index < -0.39 is 5.63 Å². The van der Waals surface area contributed by atoms with Gasteiger partial charge in [-0.1, -0.05) is 41.4 Å². The highest BCUT2D eigenvalue weighted by Crippen LogP contribution is 2.31. The Kier molecular flexibility index (Phi) is 5.53. The van der Waals surface area contributed by atoms with Crippen molar-refractivity contribution in [3.63, 3.8) is 0 Å². The summed E-state index contributed by atoms with van der Waals surface area (Å²) in [6.07, 6.45) is 1.53. The van der Waals surface area contributed by atoms with Crippen molar-refractivity contribution in [3.05, 3.63) is 73.9 Å². The Morgan fingerprint density at radius 3 is 2.90 bits per heavy atom. The van der Waals surface area contributed by atoms with E-state index in [0.29, 0.717) is 43.3 Å². The van der Waals surface area contributed by atoms with E-state index in [9.17, 15) is 4.79 Å². The standard InChI is InChI=1S/C20H13Cl2N3O3S/c1-27-18-12(6-13(21)8-15(18)22)9-23-25-20-24-16(10-29-20)14-7-11-4-2-3-5-17(11)28-19(14)26/h2-10H,1H3,(H,24,25). The molecule has 29 heavy (non-hydrogen) atoms. The molecule has 0 saturated carbocycles. The van der Waals surface area contributed by atoms with Gasteiger partial charge in [0.25, 0.3) is 0 Å². The second-order valence-electron chi connectivity index (χ2n) is 5.90. The molecule has 0 radical (unpaired) electrons. The van der Waals surface area contributed by atoms with Crippen LogP contribution in [0.4, 0.5) is 5.13 Å². The van der Waals surface area contributed by atoms with Gasteiger partial charge >= 0.3 is 5.63 Å². The quantitative estimate of drug-likeness (QED) is 0.243. The summed E-state index contributed by atoms with van der Waals surface area (Å²) in [7, 11) is 1.52. The normalized spacial score (nSPS) is 11.3. The molecule has 4 aromatic rings. The zero-order valence-corrected chi connectivity index (χ0v) is 17.3. The number of aromatic nitrogens is 1. The van der Waals surface area contributed by atoms with E-state index in [1.807, 2.05) is 18.2 Å². The summed E-state index contributed by atoms with van der Waals surface area (Å²) >= 11 is 13.5. The molecule has 0 atom stereocenters. The Balaban J connectivity index is 1.57. The van der Waals surface area contributed by atoms with Gasteiger partial charge in [0.15, 0.2) is 0 Å². The van der Waals surface area contributed by atoms with Gasteiger partial charge in [0.05, 0.1) is 29.6 Å². The first-order valence-corrected chi connectivity index (χ1v) is 9.99. The molecule has 2 heterocycles. The lowest BCUT2D eigenvalue weighted by molar-refractivity contribution is 0.414. The highest BCUT2D eigenvalue weighted by molar-refractivity contribution is 7.14. The van der Waals surface area contributed by atoms with Crippen LogP contribution in [0.5, 0.6) is 5.75 Å². The van der Waals surface area contributed by atoms with Gasteiger partial charge in [0.2, 0.25) is 5.13 Å². The van der Waals surface area contributed by atoms with E-state index in [4.69, 9.17) is 32.4 Å². The third-order valence-corrected chi connectivity index (χ3v) is 5.27. The molecule has 6 nitrogen and oxygen atoms in total. The summed E-state index contributed by atoms with van der Waals surface area (Å²) in [5, 5.41) is 8.11. The summed E-state index contributed by atoms with van der Waals surface area (Å²) in [5.74, 6) is 0.468. The highest BCUT2D eigenvalue weighted by Gasteiger charge is 2.12. The summed E-state index contributed by atoms with van der Waals surface area (Å²) < 4.78 is 10.6. The van der Waals surface area contributed by atoms with E-state index >= 15 is 0 Å². The first-order chi connectivity index (χ1) is 14.0. The molecule has 9 heteroatoms. The van der Waals surface area contributed by atoms with Crippen molar-refractivity contribution in [3.8, 4) is 17.0 Å². The lowest BCUT2D eigenvalue weighted by Crippen LogP contribution is -2.02. The lowest BCUT2D eigenvalue weighted by Gasteiger charge is -2.07. The van der Waals surface area contributed by atoms with Crippen LogP contribution in [0.25, 0.3) is 22.2 Å². The molecule has 0 saturated heterocycles. The number of nitrogens with zero attached hydrogens (tertiary/aromatic N) is 2. The van der Waals surface area contributed by atoms with Gasteiger partial charge in [-0.3, -0.25) is 5.43 Å². The Hall–Kier alpha value is -2.87. The van der Waals surface area contributed by atoms with Crippen LogP contribution in [0.3, 0.4) is 0 Å². The zero-order chi connectivity index (χ0) is 20.4. The molecule has 0 unspecified atom stereocenters. The predicted octanol–water partition coefficient (Wildman–Crippen LogP) is 5.68. The SMILES string of the molecule is COc1c(Cl)cc(Cl)cc1C=NNc1nc(-c2cc3ccccc3oc2=O)cs1. The van der Waals surface area contributed by atoms with Crippen LogP contribution in [0, 0.1) is 0 Å². The van der Waals surface area contributed by atoms with E-state index in [1.54, 1.807) is 29.6 Å². The molecule has 2 aromatic carbocycles. The fourth-order valence-electron chi connectivity index (χ4n) is 2.74. The summed E-state index contributed by atoms with van der Waals surface area (Å²) in [6.45, 7) is 0. The van der Waals surface area contributed by atoms with Crippen LogP contribution in [0.1, 0.15) is 5.56 Å². The maximum Gasteiger partial charge on any atom is 0.345 e. The second-order valence-corrected chi connectivity index (χ2v) is 7.61. The number of thiazole rings is 1. The van der Waals surface area contributed by atoms with Crippen molar-refractivity contribution in [1.29, 1.82) is 0 Å². The van der Waals surface area contributed by atoms with Crippen molar-refractivity contribution in [2.75, 3.05) is 12.5 Å². The Labute approximate surface area is 179 Å². The maximum absolute atomic E-state index is 12.3. The van der Waals surface area contributed by atoms with E-state index in [1.165, 1.54) is 24.7 Å². The summed E-state index contributed by atoms with van der Waals surface area (Å²) in [6, 6.07) is 12.4. The summed E-state index contributed by atoms with van der Waals surface area (Å²) in [4.78, 5) is 16.7. The molecule has 4 rings (SSSR count).